The van der Waals surface area contributed by atoms with Gasteiger partial charge in [-0.25, -0.2) is 0 Å². The van der Waals surface area contributed by atoms with Crippen molar-refractivity contribution in [2.24, 2.45) is 0 Å². The molecule has 0 bridgehead atoms. The molecule has 1 aliphatic heterocycles. The summed E-state index contributed by atoms with van der Waals surface area (Å²) >= 11 is 1.78. The van der Waals surface area contributed by atoms with Crippen molar-refractivity contribution in [1.82, 2.24) is 0 Å². The zero-order valence-electron chi connectivity index (χ0n) is 9.19. The molecule has 0 radical (unpaired) electrons. The van der Waals surface area contributed by atoms with Crippen molar-refractivity contribution >= 4 is 11.8 Å². The van der Waals surface area contributed by atoms with Gasteiger partial charge in [0, 0.05) is 6.42 Å². The summed E-state index contributed by atoms with van der Waals surface area (Å²) in [4.78, 5) is 0. The fourth-order valence-corrected chi connectivity index (χ4v) is 3.15. The molecular weight excluding hydrogens is 218 g/mol. The monoisotopic (exact) mass is 233 g/mol. The van der Waals surface area contributed by atoms with Crippen LogP contribution in [0.1, 0.15) is 19.3 Å². The largest absolute Gasteiger partial charge is 0.494 e. The highest BCUT2D eigenvalue weighted by molar-refractivity contribution is 8.01. The third kappa shape index (κ3) is 2.70. The minimum absolute atomic E-state index is 0.186. The first-order valence-electron chi connectivity index (χ1n) is 5.58. The van der Waals surface area contributed by atoms with Crippen molar-refractivity contribution in [2.45, 2.75) is 24.0 Å². The van der Waals surface area contributed by atoms with Crippen LogP contribution in [0.4, 0.5) is 0 Å². The molecule has 2 nitrogen and oxygen atoms in total. The van der Waals surface area contributed by atoms with Crippen molar-refractivity contribution < 1.29 is 4.74 Å². The number of hydrogen-bond donors (Lipinski definition) is 0. The topological polar surface area (TPSA) is 33.0 Å². The molecule has 1 aromatic carbocycles. The first-order chi connectivity index (χ1) is 7.85. The van der Waals surface area contributed by atoms with Gasteiger partial charge in [-0.2, -0.15) is 5.26 Å². The van der Waals surface area contributed by atoms with E-state index in [1.165, 1.54) is 0 Å². The summed E-state index contributed by atoms with van der Waals surface area (Å²) in [5.74, 6) is 2.00. The Kier molecular flexibility index (Phi) is 3.74. The standard InChI is InChI=1S/C13H15NOS/c14-11-13(7-4-10-16-13)8-9-15-12-5-2-1-3-6-12/h1-3,5-6H,4,7-10H2. The summed E-state index contributed by atoms with van der Waals surface area (Å²) in [5.41, 5.74) is 0. The van der Waals surface area contributed by atoms with Crippen LogP contribution in [0.3, 0.4) is 0 Å². The highest BCUT2D eigenvalue weighted by Crippen LogP contribution is 2.40. The molecule has 3 heteroatoms. The van der Waals surface area contributed by atoms with Crippen LogP contribution in [0.2, 0.25) is 0 Å². The average molecular weight is 233 g/mol. The van der Waals surface area contributed by atoms with Crippen molar-refractivity contribution in [2.75, 3.05) is 12.4 Å². The van der Waals surface area contributed by atoms with Crippen LogP contribution in [0.15, 0.2) is 30.3 Å². The number of rotatable bonds is 4. The number of nitrogens with zero attached hydrogens (tertiary/aromatic N) is 1. The molecule has 84 valence electrons. The van der Waals surface area contributed by atoms with Gasteiger partial charge in [0.05, 0.1) is 12.7 Å². The maximum absolute atomic E-state index is 9.19. The summed E-state index contributed by atoms with van der Waals surface area (Å²) in [6.45, 7) is 0.630. The molecule has 1 unspecified atom stereocenters. The minimum atomic E-state index is -0.186. The molecule has 0 N–H and O–H groups in total. The molecule has 0 aromatic heterocycles. The number of thioether (sulfide) groups is 1. The molecular formula is C13H15NOS. The molecule has 0 saturated carbocycles. The van der Waals surface area contributed by atoms with Crippen LogP contribution in [0.25, 0.3) is 0 Å². The van der Waals surface area contributed by atoms with Crippen molar-refractivity contribution in [3.8, 4) is 11.8 Å². The zero-order chi connectivity index (χ0) is 11.3. The van der Waals surface area contributed by atoms with Gasteiger partial charge < -0.3 is 4.74 Å². The van der Waals surface area contributed by atoms with E-state index < -0.39 is 0 Å². The Bertz CT molecular complexity index is 365. The summed E-state index contributed by atoms with van der Waals surface area (Å²) in [6, 6.07) is 12.2. The van der Waals surface area contributed by atoms with Crippen LogP contribution in [-0.2, 0) is 0 Å². The molecule has 0 amide bonds. The molecule has 16 heavy (non-hydrogen) atoms. The van der Waals surface area contributed by atoms with Gasteiger partial charge in [-0.15, -0.1) is 11.8 Å². The maximum atomic E-state index is 9.19. The second-order valence-corrected chi connectivity index (χ2v) is 5.45. The Morgan fingerprint density at radius 2 is 2.19 bits per heavy atom. The van der Waals surface area contributed by atoms with Gasteiger partial charge in [-0.1, -0.05) is 18.2 Å². The Balaban J connectivity index is 1.82. The van der Waals surface area contributed by atoms with Crippen molar-refractivity contribution in [3.63, 3.8) is 0 Å². The van der Waals surface area contributed by atoms with E-state index >= 15 is 0 Å². The molecule has 2 rings (SSSR count). The molecule has 1 atom stereocenters. The summed E-state index contributed by atoms with van der Waals surface area (Å²) in [6.07, 6.45) is 2.99. The quantitative estimate of drug-likeness (QED) is 0.800. The Morgan fingerprint density at radius 3 is 2.81 bits per heavy atom. The maximum Gasteiger partial charge on any atom is 0.119 e. The smallest absolute Gasteiger partial charge is 0.119 e. The third-order valence-electron chi connectivity index (χ3n) is 2.82. The number of para-hydroxylation sites is 1. The molecule has 1 heterocycles. The molecule has 0 spiro atoms. The van der Waals surface area contributed by atoms with E-state index in [1.54, 1.807) is 11.8 Å². The lowest BCUT2D eigenvalue weighted by Crippen LogP contribution is -2.21. The minimum Gasteiger partial charge on any atom is -0.494 e. The van der Waals surface area contributed by atoms with E-state index in [1.807, 2.05) is 30.3 Å². The van der Waals surface area contributed by atoms with E-state index in [-0.39, 0.29) is 4.75 Å². The second-order valence-electron chi connectivity index (χ2n) is 3.97. The summed E-state index contributed by atoms with van der Waals surface area (Å²) in [7, 11) is 0. The molecule has 0 aliphatic carbocycles. The lowest BCUT2D eigenvalue weighted by atomic mass is 10.0. The normalized spacial score (nSPS) is 23.9. The van der Waals surface area contributed by atoms with E-state index in [9.17, 15) is 5.26 Å². The highest BCUT2D eigenvalue weighted by Gasteiger charge is 2.34. The average Bonchev–Trinajstić information content (AvgIpc) is 2.80. The molecule has 1 aromatic rings. The van der Waals surface area contributed by atoms with Gasteiger partial charge in [0.2, 0.25) is 0 Å². The van der Waals surface area contributed by atoms with E-state index in [0.29, 0.717) is 6.61 Å². The number of hydrogen-bond acceptors (Lipinski definition) is 3. The lowest BCUT2D eigenvalue weighted by Gasteiger charge is -2.19. The number of nitriles is 1. The van der Waals surface area contributed by atoms with E-state index in [4.69, 9.17) is 4.74 Å². The summed E-state index contributed by atoms with van der Waals surface area (Å²) < 4.78 is 5.44. The van der Waals surface area contributed by atoms with E-state index in [2.05, 4.69) is 6.07 Å². The third-order valence-corrected chi connectivity index (χ3v) is 4.37. The van der Waals surface area contributed by atoms with Crippen LogP contribution < -0.4 is 4.74 Å². The second kappa shape index (κ2) is 5.27. The van der Waals surface area contributed by atoms with Crippen LogP contribution >= 0.6 is 11.8 Å². The SMILES string of the molecule is N#CC1(CCOc2ccccc2)CCCS1. The predicted molar refractivity (Wildman–Crippen MR) is 66.6 cm³/mol. The van der Waals surface area contributed by atoms with Crippen LogP contribution in [0.5, 0.6) is 5.75 Å². The van der Waals surface area contributed by atoms with Gasteiger partial charge >= 0.3 is 0 Å². The highest BCUT2D eigenvalue weighted by atomic mass is 32.2. The predicted octanol–water partition coefficient (Wildman–Crippen LogP) is 3.24. The number of ether oxygens (including phenoxy) is 1. The Morgan fingerprint density at radius 1 is 1.38 bits per heavy atom. The van der Waals surface area contributed by atoms with Crippen molar-refractivity contribution in [3.05, 3.63) is 30.3 Å². The first-order valence-corrected chi connectivity index (χ1v) is 6.56. The van der Waals surface area contributed by atoms with Crippen LogP contribution in [0, 0.1) is 11.3 Å². The first kappa shape index (κ1) is 11.3. The molecule has 1 fully saturated rings. The van der Waals surface area contributed by atoms with Gasteiger partial charge in [-0.05, 0) is 30.7 Å². The van der Waals surface area contributed by atoms with Gasteiger partial charge in [0.15, 0.2) is 0 Å². The van der Waals surface area contributed by atoms with Crippen molar-refractivity contribution in [1.29, 1.82) is 5.26 Å². The Hall–Kier alpha value is -1.14. The lowest BCUT2D eigenvalue weighted by molar-refractivity contribution is 0.299. The van der Waals surface area contributed by atoms with Gasteiger partial charge in [-0.3, -0.25) is 0 Å². The zero-order valence-corrected chi connectivity index (χ0v) is 10.0. The molecule has 1 aliphatic rings. The Labute approximate surface area is 101 Å². The number of benzene rings is 1. The molecule has 1 saturated heterocycles. The van der Waals surface area contributed by atoms with Crippen LogP contribution in [-0.4, -0.2) is 17.1 Å². The van der Waals surface area contributed by atoms with E-state index in [0.717, 1.165) is 30.8 Å². The van der Waals surface area contributed by atoms with Gasteiger partial charge in [0.1, 0.15) is 10.5 Å². The summed E-state index contributed by atoms with van der Waals surface area (Å²) in [5, 5.41) is 9.19. The fourth-order valence-electron chi connectivity index (χ4n) is 1.89. The fraction of sp³-hybridized carbons (Fsp3) is 0.462. The van der Waals surface area contributed by atoms with Gasteiger partial charge in [0.25, 0.3) is 0 Å².